The molecular formula is C38H49KN6O9S. The van der Waals surface area contributed by atoms with Crippen LogP contribution in [0.4, 0.5) is 4.79 Å². The zero-order valence-corrected chi connectivity index (χ0v) is 36.1. The molecular weight excluding hydrogens is 756 g/mol. The summed E-state index contributed by atoms with van der Waals surface area (Å²) >= 11 is 0. The summed E-state index contributed by atoms with van der Waals surface area (Å²) in [6, 6.07) is 3.17. The molecule has 0 unspecified atom stereocenters. The van der Waals surface area contributed by atoms with Crippen LogP contribution in [0, 0.1) is 17.3 Å². The van der Waals surface area contributed by atoms with Crippen molar-refractivity contribution >= 4 is 44.9 Å². The Hall–Kier alpha value is -2.83. The van der Waals surface area contributed by atoms with Crippen molar-refractivity contribution in [1.82, 2.24) is 25.5 Å². The molecule has 7 rings (SSSR count). The average Bonchev–Trinajstić information content (AvgIpc) is 4.04. The molecule has 4 fully saturated rings. The van der Waals surface area contributed by atoms with Crippen LogP contribution < -0.4 is 71.5 Å². The number of nitrogens with zero attached hydrogens (tertiary/aromatic N) is 4. The molecule has 55 heavy (non-hydrogen) atoms. The van der Waals surface area contributed by atoms with Gasteiger partial charge in [0.2, 0.25) is 17.7 Å². The van der Waals surface area contributed by atoms with Crippen molar-refractivity contribution in [3.8, 4) is 11.6 Å². The Morgan fingerprint density at radius 3 is 2.53 bits per heavy atom. The van der Waals surface area contributed by atoms with E-state index in [1.165, 1.54) is 11.0 Å². The number of fused-ring (bicyclic) bond motifs is 5. The van der Waals surface area contributed by atoms with E-state index in [4.69, 9.17) is 24.2 Å². The van der Waals surface area contributed by atoms with Crippen LogP contribution >= 0.6 is 0 Å². The standard InChI is InChI=1S/C38H50N6O9S.K/c1-6-22-19-38(22,35(47)43-54(49,50)25-13-14-25)42-32(45)29-18-24-20-44(29)34(46)31(37(2,3)4)41-36(48)53-30-16-21(30)10-8-7-9-11-27-33(52-24)40-28-17-23(51-5)12-15-26(28)39-27;/h6,12,15,17,21-22,24-25,29-31H,1,7-11,13-14,16,18-20H2,2-5H3,(H3,41,42,43,45,47,48);/q;+1/p-1/t21-,22-,24-,29+,30-,31-,38-;/m1./s1. The van der Waals surface area contributed by atoms with E-state index in [0.717, 1.165) is 32.1 Å². The van der Waals surface area contributed by atoms with Gasteiger partial charge in [-0.25, -0.2) is 23.2 Å². The molecule has 7 atom stereocenters. The minimum absolute atomic E-state index is 0. The second kappa shape index (κ2) is 16.2. The normalized spacial score (nSPS) is 29.7. The second-order valence-electron chi connectivity index (χ2n) is 16.4. The van der Waals surface area contributed by atoms with Gasteiger partial charge in [0.15, 0.2) is 0 Å². The summed E-state index contributed by atoms with van der Waals surface area (Å²) < 4.78 is 46.6. The molecule has 2 aliphatic heterocycles. The topological polar surface area (TPSA) is 197 Å². The first-order valence-corrected chi connectivity index (χ1v) is 20.4. The van der Waals surface area contributed by atoms with Gasteiger partial charge in [-0.15, -0.1) is 6.58 Å². The van der Waals surface area contributed by atoms with Gasteiger partial charge in [0.05, 0.1) is 46.2 Å². The molecule has 1 saturated heterocycles. The number of hydrogen-bond donors (Lipinski definition) is 2. The zero-order chi connectivity index (χ0) is 38.6. The fraction of sp³-hybridized carbons (Fsp3) is 0.632. The van der Waals surface area contributed by atoms with Gasteiger partial charge >= 0.3 is 57.5 Å². The molecule has 15 nitrogen and oxygen atoms in total. The largest absolute Gasteiger partial charge is 1.00 e. The third kappa shape index (κ3) is 9.17. The smallest absolute Gasteiger partial charge is 0.544 e. The minimum Gasteiger partial charge on any atom is -0.544 e. The number of hydrogen-bond acceptors (Lipinski definition) is 11. The van der Waals surface area contributed by atoms with Gasteiger partial charge in [-0.1, -0.05) is 39.7 Å². The average molecular weight is 805 g/mol. The maximum atomic E-state index is 14.6. The van der Waals surface area contributed by atoms with Crippen molar-refractivity contribution in [2.24, 2.45) is 17.3 Å². The van der Waals surface area contributed by atoms with Gasteiger partial charge in [-0.2, -0.15) is 0 Å². The number of benzene rings is 1. The number of carbonyl (C=O) groups is 4. The van der Waals surface area contributed by atoms with Crippen molar-refractivity contribution < 1.29 is 93.2 Å². The first-order chi connectivity index (χ1) is 25.6. The Labute approximate surface area is 364 Å². The van der Waals surface area contributed by atoms with Gasteiger partial charge in [0, 0.05) is 23.7 Å². The predicted molar refractivity (Wildman–Crippen MR) is 197 cm³/mol. The van der Waals surface area contributed by atoms with E-state index < -0.39 is 74.1 Å². The molecule has 3 aliphatic carbocycles. The van der Waals surface area contributed by atoms with E-state index in [0.29, 0.717) is 41.7 Å². The Bertz CT molecular complexity index is 1970. The van der Waals surface area contributed by atoms with Gasteiger partial charge in [-0.3, -0.25) is 9.59 Å². The summed E-state index contributed by atoms with van der Waals surface area (Å²) in [5.74, 6) is -1.59. The Morgan fingerprint density at radius 2 is 1.85 bits per heavy atom. The van der Waals surface area contributed by atoms with Crippen LogP contribution in [0.3, 0.4) is 0 Å². The number of aryl methyl sites for hydroxylation is 1. The predicted octanol–water partition coefficient (Wildman–Crippen LogP) is 1.09. The number of alkyl carbamates (subject to hydrolysis) is 1. The summed E-state index contributed by atoms with van der Waals surface area (Å²) in [4.78, 5) is 66.7. The van der Waals surface area contributed by atoms with Crippen LogP contribution in [0.5, 0.6) is 11.6 Å². The third-order valence-electron chi connectivity index (χ3n) is 11.2. The maximum absolute atomic E-state index is 14.6. The SMILES string of the molecule is C=C[C@@H]1C[C@]1(NC(=O)[C@@H]1C[C@@H]2CN1C(=O)[C@H](C(C)(C)C)NC(=O)O[C@@H]1C[C@H]1CCCCCc1nc3ccc(OC)cc3nc1O2)C(=O)[N-]S(=O)(=O)C1CC1.[K+]. The molecule has 1 aromatic heterocycles. The number of carbonyl (C=O) groups excluding carboxylic acids is 4. The first kappa shape index (κ1) is 41.8. The van der Waals surface area contributed by atoms with Crippen molar-refractivity contribution in [3.05, 3.63) is 41.3 Å². The molecule has 292 valence electrons. The molecule has 0 spiro atoms. The molecule has 17 heteroatoms. The van der Waals surface area contributed by atoms with Crippen molar-refractivity contribution in [1.29, 1.82) is 0 Å². The van der Waals surface area contributed by atoms with E-state index in [1.807, 2.05) is 12.1 Å². The second-order valence-corrected chi connectivity index (χ2v) is 18.3. The minimum atomic E-state index is -4.03. The van der Waals surface area contributed by atoms with Crippen molar-refractivity contribution in [2.75, 3.05) is 13.7 Å². The summed E-state index contributed by atoms with van der Waals surface area (Å²) in [5.41, 5.74) is -0.522. The quantitative estimate of drug-likeness (QED) is 0.300. The number of ether oxygens (including phenoxy) is 3. The summed E-state index contributed by atoms with van der Waals surface area (Å²) in [7, 11) is -2.46. The number of nitrogens with one attached hydrogen (secondary N) is 2. The van der Waals surface area contributed by atoms with Crippen LogP contribution in [-0.2, 0) is 35.6 Å². The van der Waals surface area contributed by atoms with Gasteiger partial charge in [0.1, 0.15) is 35.7 Å². The third-order valence-corrected chi connectivity index (χ3v) is 12.9. The summed E-state index contributed by atoms with van der Waals surface area (Å²) in [6.07, 6.45) is 5.77. The molecule has 2 bridgehead atoms. The number of rotatable bonds is 7. The van der Waals surface area contributed by atoms with Gasteiger partial charge < -0.3 is 39.3 Å². The Kier molecular flexibility index (Phi) is 12.3. The molecule has 1 aromatic carbocycles. The fourth-order valence-electron chi connectivity index (χ4n) is 7.58. The number of methoxy groups -OCH3 is 1. The van der Waals surface area contributed by atoms with Gasteiger partial charge in [0.25, 0.3) is 0 Å². The molecule has 3 heterocycles. The summed E-state index contributed by atoms with van der Waals surface area (Å²) in [5, 5.41) is 4.87. The van der Waals surface area contributed by atoms with Crippen LogP contribution in [0.2, 0.25) is 0 Å². The van der Waals surface area contributed by atoms with Crippen LogP contribution in [0.15, 0.2) is 30.9 Å². The molecule has 4 amide bonds. The van der Waals surface area contributed by atoms with E-state index in [2.05, 4.69) is 21.9 Å². The summed E-state index contributed by atoms with van der Waals surface area (Å²) in [6.45, 7) is 9.14. The maximum Gasteiger partial charge on any atom is 1.00 e. The van der Waals surface area contributed by atoms with Crippen molar-refractivity contribution in [2.45, 2.75) is 120 Å². The van der Waals surface area contributed by atoms with Crippen LogP contribution in [-0.4, -0.2) is 95.8 Å². The Balaban J connectivity index is 0.00000514. The number of amides is 4. The first-order valence-electron chi connectivity index (χ1n) is 18.9. The number of sulfonamides is 1. The van der Waals surface area contributed by atoms with E-state index in [9.17, 15) is 27.6 Å². The van der Waals surface area contributed by atoms with E-state index >= 15 is 0 Å². The molecule has 5 aliphatic rings. The van der Waals surface area contributed by atoms with E-state index in [-0.39, 0.29) is 88.7 Å². The molecule has 2 aromatic rings. The molecule has 2 N–H and O–H groups in total. The van der Waals surface area contributed by atoms with Crippen LogP contribution in [0.25, 0.3) is 15.8 Å². The Morgan fingerprint density at radius 1 is 1.09 bits per heavy atom. The fourth-order valence-corrected chi connectivity index (χ4v) is 8.85. The monoisotopic (exact) mass is 804 g/mol. The van der Waals surface area contributed by atoms with Crippen molar-refractivity contribution in [3.63, 3.8) is 0 Å². The zero-order valence-electron chi connectivity index (χ0n) is 32.2. The van der Waals surface area contributed by atoms with Crippen LogP contribution in [0.1, 0.15) is 84.3 Å². The molecule has 0 radical (unpaired) electrons. The van der Waals surface area contributed by atoms with Gasteiger partial charge in [-0.05, 0) is 68.4 Å². The van der Waals surface area contributed by atoms with E-state index in [1.54, 1.807) is 33.9 Å². The number of aromatic nitrogens is 2. The molecule has 3 saturated carbocycles.